The van der Waals surface area contributed by atoms with Gasteiger partial charge in [0, 0.05) is 6.07 Å². The first-order valence-electron chi connectivity index (χ1n) is 13.5. The lowest BCUT2D eigenvalue weighted by atomic mass is 9.77. The zero-order valence-electron chi connectivity index (χ0n) is 23.0. The highest BCUT2D eigenvalue weighted by atomic mass is 32.1. The number of halogens is 3. The van der Waals surface area contributed by atoms with Crippen LogP contribution in [0.3, 0.4) is 0 Å². The molecule has 0 saturated heterocycles. The molecule has 44 heavy (non-hydrogen) atoms. The molecule has 0 aliphatic heterocycles. The number of nitrogens with one attached hydrogen (secondary N) is 1. The zero-order valence-corrected chi connectivity index (χ0v) is 23.8. The number of hydrogen-bond acceptors (Lipinski definition) is 5. The Bertz CT molecular complexity index is 1860. The van der Waals surface area contributed by atoms with Gasteiger partial charge in [0.05, 0.1) is 17.6 Å². The number of hydrogen-bond donors (Lipinski definition) is 1. The van der Waals surface area contributed by atoms with Crippen molar-refractivity contribution >= 4 is 12.2 Å². The van der Waals surface area contributed by atoms with Gasteiger partial charge < -0.3 is 9.72 Å². The summed E-state index contributed by atoms with van der Waals surface area (Å²) in [6, 6.07) is 36.9. The molecule has 0 aliphatic rings. The number of ether oxygens (including phenoxy) is 1. The molecule has 220 valence electrons. The lowest BCUT2D eigenvalue weighted by Crippen LogP contribution is -2.38. The second-order valence-corrected chi connectivity index (χ2v) is 10.3. The van der Waals surface area contributed by atoms with Gasteiger partial charge in [-0.1, -0.05) is 96.2 Å². The molecule has 0 unspecified atom stereocenters. The highest BCUT2D eigenvalue weighted by Crippen LogP contribution is 2.40. The van der Waals surface area contributed by atoms with E-state index in [0.717, 1.165) is 16.7 Å². The normalized spacial score (nSPS) is 11.8. The van der Waals surface area contributed by atoms with Crippen molar-refractivity contribution in [1.29, 1.82) is 0 Å². The van der Waals surface area contributed by atoms with Crippen LogP contribution in [-0.2, 0) is 5.54 Å². The van der Waals surface area contributed by atoms with Crippen molar-refractivity contribution in [2.24, 2.45) is 0 Å². The third kappa shape index (κ3) is 5.57. The topological polar surface area (TPSA) is 77.7 Å². The fourth-order valence-corrected chi connectivity index (χ4v) is 5.53. The number of nitrogens with zero attached hydrogens (tertiary/aromatic N) is 4. The lowest BCUT2D eigenvalue weighted by molar-refractivity contribution is -0.153. The quantitative estimate of drug-likeness (QED) is 0.149. The van der Waals surface area contributed by atoms with Gasteiger partial charge in [-0.15, -0.1) is 5.10 Å². The molecule has 0 saturated carbocycles. The van der Waals surface area contributed by atoms with E-state index in [9.17, 15) is 18.0 Å². The molecule has 0 fully saturated rings. The van der Waals surface area contributed by atoms with Crippen molar-refractivity contribution in [3.05, 3.63) is 159 Å². The highest BCUT2D eigenvalue weighted by molar-refractivity contribution is 7.71. The van der Waals surface area contributed by atoms with Crippen LogP contribution in [0.15, 0.2) is 132 Å². The van der Waals surface area contributed by atoms with E-state index >= 15 is 0 Å². The average Bonchev–Trinajstić information content (AvgIpc) is 3.53. The Morgan fingerprint density at radius 1 is 0.773 bits per heavy atom. The fraction of sp³-hybridized carbons (Fsp3) is 0.0909. The van der Waals surface area contributed by atoms with Gasteiger partial charge in [0.1, 0.15) is 17.0 Å². The second kappa shape index (κ2) is 11.8. The summed E-state index contributed by atoms with van der Waals surface area (Å²) in [4.78, 5) is 16.3. The van der Waals surface area contributed by atoms with Crippen molar-refractivity contribution in [1.82, 2.24) is 24.5 Å². The van der Waals surface area contributed by atoms with E-state index in [1.807, 2.05) is 91.0 Å². The maximum absolute atomic E-state index is 13.3. The van der Waals surface area contributed by atoms with Gasteiger partial charge in [0.2, 0.25) is 0 Å². The average molecular weight is 612 g/mol. The summed E-state index contributed by atoms with van der Waals surface area (Å²) in [5, 5.41) is 9.03. The van der Waals surface area contributed by atoms with Gasteiger partial charge in [-0.2, -0.15) is 13.2 Å². The van der Waals surface area contributed by atoms with E-state index in [1.54, 1.807) is 10.9 Å². The first-order chi connectivity index (χ1) is 21.3. The van der Waals surface area contributed by atoms with Crippen molar-refractivity contribution in [3.63, 3.8) is 0 Å². The monoisotopic (exact) mass is 611 g/mol. The Balaban J connectivity index is 1.42. The third-order valence-corrected chi connectivity index (χ3v) is 7.40. The van der Waals surface area contributed by atoms with Crippen molar-refractivity contribution in [2.75, 3.05) is 6.61 Å². The molecule has 4 aromatic carbocycles. The molecule has 0 spiro atoms. The van der Waals surface area contributed by atoms with Crippen LogP contribution in [0, 0.1) is 4.77 Å². The number of aromatic nitrogens is 5. The van der Waals surface area contributed by atoms with Gasteiger partial charge in [-0.05, 0) is 53.2 Å². The SMILES string of the molecule is O=c1cc(-c2cn(C(c3ccccc3)(c3ccccc3)c3ccccc3)nn2)[nH]c(=S)n1-c1ccc(OCC(F)(F)F)cc1. The summed E-state index contributed by atoms with van der Waals surface area (Å²) in [5.41, 5.74) is 2.64. The number of rotatable bonds is 8. The summed E-state index contributed by atoms with van der Waals surface area (Å²) < 4.78 is 45.3. The fourth-order valence-electron chi connectivity index (χ4n) is 5.22. The molecule has 11 heteroatoms. The molecule has 0 atom stereocenters. The Morgan fingerprint density at radius 3 is 1.77 bits per heavy atom. The molecule has 2 aromatic heterocycles. The van der Waals surface area contributed by atoms with Gasteiger partial charge in [-0.3, -0.25) is 9.36 Å². The van der Waals surface area contributed by atoms with Crippen LogP contribution in [0.2, 0.25) is 0 Å². The predicted molar refractivity (Wildman–Crippen MR) is 162 cm³/mol. The summed E-state index contributed by atoms with van der Waals surface area (Å²) >= 11 is 5.52. The van der Waals surface area contributed by atoms with E-state index in [0.29, 0.717) is 17.1 Å². The largest absolute Gasteiger partial charge is 0.484 e. The molecular formula is C33H24F3N5O2S. The minimum Gasteiger partial charge on any atom is -0.484 e. The summed E-state index contributed by atoms with van der Waals surface area (Å²) in [7, 11) is 0. The van der Waals surface area contributed by atoms with Crippen LogP contribution in [-0.4, -0.2) is 37.3 Å². The smallest absolute Gasteiger partial charge is 0.422 e. The molecule has 6 aromatic rings. The van der Waals surface area contributed by atoms with Crippen LogP contribution < -0.4 is 10.3 Å². The zero-order chi connectivity index (χ0) is 30.7. The minimum atomic E-state index is -4.46. The van der Waals surface area contributed by atoms with Crippen LogP contribution in [0.25, 0.3) is 17.1 Å². The van der Waals surface area contributed by atoms with Crippen molar-refractivity contribution in [3.8, 4) is 22.8 Å². The molecule has 1 N–H and O–H groups in total. The van der Waals surface area contributed by atoms with Crippen LogP contribution >= 0.6 is 12.2 Å². The second-order valence-electron chi connectivity index (χ2n) is 9.92. The molecule has 6 rings (SSSR count). The van der Waals surface area contributed by atoms with Crippen LogP contribution in [0.5, 0.6) is 5.75 Å². The first kappa shape index (κ1) is 28.8. The Kier molecular flexibility index (Phi) is 7.71. The number of aromatic amines is 1. The van der Waals surface area contributed by atoms with E-state index in [2.05, 4.69) is 15.3 Å². The summed E-state index contributed by atoms with van der Waals surface area (Å²) in [5.74, 6) is 0.0148. The van der Waals surface area contributed by atoms with Gasteiger partial charge in [-0.25, -0.2) is 4.68 Å². The number of alkyl halides is 3. The molecule has 0 aliphatic carbocycles. The maximum atomic E-state index is 13.3. The number of benzene rings is 4. The minimum absolute atomic E-state index is 0.0148. The van der Waals surface area contributed by atoms with E-state index in [4.69, 9.17) is 17.0 Å². The van der Waals surface area contributed by atoms with E-state index in [-0.39, 0.29) is 10.5 Å². The molecular weight excluding hydrogens is 587 g/mol. The maximum Gasteiger partial charge on any atom is 0.422 e. The molecule has 7 nitrogen and oxygen atoms in total. The molecule has 0 radical (unpaired) electrons. The van der Waals surface area contributed by atoms with Crippen LogP contribution in [0.1, 0.15) is 16.7 Å². The Morgan fingerprint density at radius 2 is 1.30 bits per heavy atom. The number of H-pyrrole nitrogens is 1. The highest BCUT2D eigenvalue weighted by Gasteiger charge is 2.39. The third-order valence-electron chi connectivity index (χ3n) is 7.12. The van der Waals surface area contributed by atoms with Gasteiger partial charge >= 0.3 is 6.18 Å². The van der Waals surface area contributed by atoms with Gasteiger partial charge in [0.25, 0.3) is 5.56 Å². The Labute approximate surface area is 254 Å². The summed E-state index contributed by atoms with van der Waals surface area (Å²) in [6.45, 7) is -1.41. The molecule has 0 amide bonds. The molecule has 2 heterocycles. The van der Waals surface area contributed by atoms with Crippen molar-refractivity contribution < 1.29 is 17.9 Å². The van der Waals surface area contributed by atoms with Crippen LogP contribution in [0.4, 0.5) is 13.2 Å². The molecule has 0 bridgehead atoms. The summed E-state index contributed by atoms with van der Waals surface area (Å²) in [6.07, 6.45) is -2.69. The first-order valence-corrected chi connectivity index (χ1v) is 13.9. The van der Waals surface area contributed by atoms with E-state index < -0.39 is 23.9 Å². The Hall–Kier alpha value is -5.29. The van der Waals surface area contributed by atoms with Crippen molar-refractivity contribution in [2.45, 2.75) is 11.7 Å². The lowest BCUT2D eigenvalue weighted by Gasteiger charge is -2.35. The predicted octanol–water partition coefficient (Wildman–Crippen LogP) is 6.93. The standard InChI is InChI=1S/C33H24F3N5O2S/c34-32(35,36)22-43-27-18-16-26(17-19-27)41-30(42)20-28(37-31(41)44)29-21-40(39-38-29)33(23-10-4-1-5-11-23,24-12-6-2-7-13-24)25-14-8-3-9-15-25/h1-21H,22H2,(H,37,44). The van der Waals surface area contributed by atoms with E-state index in [1.165, 1.54) is 34.9 Å². The van der Waals surface area contributed by atoms with Gasteiger partial charge in [0.15, 0.2) is 11.4 Å².